The van der Waals surface area contributed by atoms with Crippen LogP contribution in [0.1, 0.15) is 0 Å². The van der Waals surface area contributed by atoms with E-state index in [1.165, 1.54) is 112 Å². The second kappa shape index (κ2) is 17.0. The zero-order chi connectivity index (χ0) is 49.8. The van der Waals surface area contributed by atoms with E-state index in [-0.39, 0.29) is 0 Å². The Bertz CT molecular complexity index is 4930. The smallest absolute Gasteiger partial charge is 0.164 e. The second-order valence-corrected chi connectivity index (χ2v) is 21.7. The average Bonchev–Trinajstić information content (AvgIpc) is 4.29. The van der Waals surface area contributed by atoms with Crippen LogP contribution in [-0.4, -0.2) is 24.1 Å². The first-order chi connectivity index (χ1) is 37.6. The first-order valence-electron chi connectivity index (χ1n) is 25.6. The van der Waals surface area contributed by atoms with E-state index in [2.05, 4.69) is 221 Å². The van der Waals surface area contributed by atoms with E-state index in [1.54, 1.807) is 0 Å². The molecule has 76 heavy (non-hydrogen) atoms. The summed E-state index contributed by atoms with van der Waals surface area (Å²) in [6.07, 6.45) is 0. The van der Waals surface area contributed by atoms with E-state index in [4.69, 9.17) is 15.0 Å². The molecule has 0 aliphatic rings. The van der Waals surface area contributed by atoms with Gasteiger partial charge < -0.3 is 9.13 Å². The Hall–Kier alpha value is -9.53. The van der Waals surface area contributed by atoms with Gasteiger partial charge in [-0.3, -0.25) is 0 Å². The van der Waals surface area contributed by atoms with Crippen molar-refractivity contribution in [1.82, 2.24) is 24.1 Å². The number of benzene rings is 11. The van der Waals surface area contributed by atoms with Crippen LogP contribution in [0, 0.1) is 0 Å². The Kier molecular flexibility index (Phi) is 9.61. The lowest BCUT2D eigenvalue weighted by Gasteiger charge is -2.10. The van der Waals surface area contributed by atoms with Gasteiger partial charge in [-0.25, -0.2) is 15.0 Å². The van der Waals surface area contributed by atoms with Crippen LogP contribution >= 0.6 is 22.7 Å². The molecule has 0 amide bonds. The molecule has 0 saturated carbocycles. The van der Waals surface area contributed by atoms with Gasteiger partial charge in [0, 0.05) is 90.0 Å². The Morgan fingerprint density at radius 2 is 0.566 bits per heavy atom. The largest absolute Gasteiger partial charge is 0.309 e. The van der Waals surface area contributed by atoms with Crippen molar-refractivity contribution in [3.63, 3.8) is 0 Å². The molecule has 16 aromatic rings. The fourth-order valence-electron chi connectivity index (χ4n) is 11.6. The SMILES string of the molecule is c1ccc(-c2nc(-c3ccccc3)nc(-c3ccc4sc5ccc(-n6c7ccccc7c7cc(-c8ccc9sc%10ccc(-c%11ccc%12c(c%11)c%11ccccc%11n%12-c%11ccccc%11)cc%10c9c8)ccc76)cc5c4c3)n2)cc1. The molecule has 7 heteroatoms. The van der Waals surface area contributed by atoms with Gasteiger partial charge in [0.25, 0.3) is 0 Å². The van der Waals surface area contributed by atoms with E-state index < -0.39 is 0 Å². The summed E-state index contributed by atoms with van der Waals surface area (Å²) >= 11 is 3.68. The molecule has 0 N–H and O–H groups in total. The lowest BCUT2D eigenvalue weighted by molar-refractivity contribution is 1.07. The summed E-state index contributed by atoms with van der Waals surface area (Å²) in [5.41, 5.74) is 14.8. The third-order valence-corrected chi connectivity index (χ3v) is 17.5. The van der Waals surface area contributed by atoms with Gasteiger partial charge in [-0.05, 0) is 131 Å². The zero-order valence-electron chi connectivity index (χ0n) is 40.7. The molecule has 0 unspecified atom stereocenters. The van der Waals surface area contributed by atoms with Crippen molar-refractivity contribution in [3.05, 3.63) is 249 Å². The van der Waals surface area contributed by atoms with E-state index in [1.807, 2.05) is 59.1 Å². The highest BCUT2D eigenvalue weighted by molar-refractivity contribution is 7.26. The van der Waals surface area contributed by atoms with E-state index >= 15 is 0 Å². The van der Waals surface area contributed by atoms with Crippen molar-refractivity contribution in [3.8, 4) is 67.8 Å². The standard InChI is InChI=1S/C69H41N5S2/c1-4-14-42(15-5-1)67-70-68(43-16-6-2-7-17-43)72-69(71-67)48-28-34-65-57(40-48)58-41-50(29-35-66(58)76-65)74-60-23-13-11-21-52(60)54-37-45(25-31-62(54)74)47-27-33-64-56(39-47)55-38-46(26-32-63(55)75-64)44-24-30-61-53(36-44)51-20-10-12-22-59(51)73(61)49-18-8-3-9-19-49/h1-41H. The van der Waals surface area contributed by atoms with Crippen LogP contribution in [0.25, 0.3) is 152 Å². The van der Waals surface area contributed by atoms with Gasteiger partial charge in [-0.15, -0.1) is 22.7 Å². The fourth-order valence-corrected chi connectivity index (χ4v) is 13.7. The summed E-state index contributed by atoms with van der Waals surface area (Å²) in [6.45, 7) is 0. The summed E-state index contributed by atoms with van der Waals surface area (Å²) in [5.74, 6) is 1.96. The third kappa shape index (κ3) is 6.87. The summed E-state index contributed by atoms with van der Waals surface area (Å²) in [5, 5.41) is 9.93. The molecule has 5 aromatic heterocycles. The normalized spacial score (nSPS) is 11.9. The van der Waals surface area contributed by atoms with Crippen LogP contribution < -0.4 is 0 Å². The number of thiophene rings is 2. The minimum absolute atomic E-state index is 0.650. The molecule has 0 saturated heterocycles. The van der Waals surface area contributed by atoms with Crippen LogP contribution in [-0.2, 0) is 0 Å². The molecule has 0 spiro atoms. The maximum Gasteiger partial charge on any atom is 0.164 e. The van der Waals surface area contributed by atoms with Gasteiger partial charge >= 0.3 is 0 Å². The molecule has 0 fully saturated rings. The molecule has 16 rings (SSSR count). The highest BCUT2D eigenvalue weighted by atomic mass is 32.1. The number of nitrogens with zero attached hydrogens (tertiary/aromatic N) is 5. The number of fused-ring (bicyclic) bond motifs is 12. The lowest BCUT2D eigenvalue weighted by atomic mass is 9.98. The zero-order valence-corrected chi connectivity index (χ0v) is 42.4. The van der Waals surface area contributed by atoms with Gasteiger partial charge in [0.15, 0.2) is 17.5 Å². The number of hydrogen-bond acceptors (Lipinski definition) is 5. The van der Waals surface area contributed by atoms with E-state index in [0.717, 1.165) is 22.4 Å². The summed E-state index contributed by atoms with van der Waals surface area (Å²) in [6, 6.07) is 90.1. The molecule has 0 radical (unpaired) electrons. The summed E-state index contributed by atoms with van der Waals surface area (Å²) in [7, 11) is 0. The van der Waals surface area contributed by atoms with Gasteiger partial charge in [0.2, 0.25) is 0 Å². The Morgan fingerprint density at radius 3 is 1.07 bits per heavy atom. The van der Waals surface area contributed by atoms with Crippen LogP contribution in [0.4, 0.5) is 0 Å². The first kappa shape index (κ1) is 42.9. The first-order valence-corrected chi connectivity index (χ1v) is 27.2. The predicted octanol–water partition coefficient (Wildman–Crippen LogP) is 19.1. The highest BCUT2D eigenvalue weighted by Gasteiger charge is 2.19. The molecule has 354 valence electrons. The van der Waals surface area contributed by atoms with Crippen LogP contribution in [0.5, 0.6) is 0 Å². The van der Waals surface area contributed by atoms with Gasteiger partial charge in [0.05, 0.1) is 22.1 Å². The van der Waals surface area contributed by atoms with Gasteiger partial charge in [0.1, 0.15) is 0 Å². The maximum atomic E-state index is 5.07. The summed E-state index contributed by atoms with van der Waals surface area (Å²) in [4.78, 5) is 15.1. The quantitative estimate of drug-likeness (QED) is 0.160. The molecule has 11 aromatic carbocycles. The molecule has 0 atom stereocenters. The van der Waals surface area contributed by atoms with Crippen molar-refractivity contribution in [2.24, 2.45) is 0 Å². The number of aromatic nitrogens is 5. The monoisotopic (exact) mass is 1000 g/mol. The lowest BCUT2D eigenvalue weighted by Crippen LogP contribution is -2.00. The molecule has 0 aliphatic heterocycles. The van der Waals surface area contributed by atoms with Crippen LogP contribution in [0.2, 0.25) is 0 Å². The van der Waals surface area contributed by atoms with Crippen LogP contribution in [0.3, 0.4) is 0 Å². The molecular formula is C69H41N5S2. The Balaban J connectivity index is 0.780. The summed E-state index contributed by atoms with van der Waals surface area (Å²) < 4.78 is 9.86. The van der Waals surface area contributed by atoms with Crippen molar-refractivity contribution in [2.45, 2.75) is 0 Å². The molecule has 5 heterocycles. The van der Waals surface area contributed by atoms with Gasteiger partial charge in [-0.1, -0.05) is 140 Å². The van der Waals surface area contributed by atoms with Crippen molar-refractivity contribution >= 4 is 107 Å². The van der Waals surface area contributed by atoms with Crippen molar-refractivity contribution in [2.75, 3.05) is 0 Å². The fraction of sp³-hybridized carbons (Fsp3) is 0. The minimum atomic E-state index is 0.650. The molecule has 0 bridgehead atoms. The Labute approximate surface area is 444 Å². The Morgan fingerprint density at radius 1 is 0.224 bits per heavy atom. The van der Waals surface area contributed by atoms with Crippen LogP contribution in [0.15, 0.2) is 249 Å². The number of hydrogen-bond donors (Lipinski definition) is 0. The van der Waals surface area contributed by atoms with Crippen molar-refractivity contribution < 1.29 is 0 Å². The predicted molar refractivity (Wildman–Crippen MR) is 321 cm³/mol. The topological polar surface area (TPSA) is 48.5 Å². The van der Waals surface area contributed by atoms with E-state index in [0.29, 0.717) is 17.5 Å². The minimum Gasteiger partial charge on any atom is -0.309 e. The third-order valence-electron chi connectivity index (χ3n) is 15.2. The van der Waals surface area contributed by atoms with Gasteiger partial charge in [-0.2, -0.15) is 0 Å². The van der Waals surface area contributed by atoms with E-state index in [9.17, 15) is 0 Å². The highest BCUT2D eigenvalue weighted by Crippen LogP contribution is 2.43. The average molecular weight is 1000 g/mol. The van der Waals surface area contributed by atoms with Crippen molar-refractivity contribution in [1.29, 1.82) is 0 Å². The second-order valence-electron chi connectivity index (χ2n) is 19.6. The maximum absolute atomic E-state index is 5.07. The molecule has 5 nitrogen and oxygen atoms in total. The number of para-hydroxylation sites is 3. The number of rotatable bonds is 7. The molecular weight excluding hydrogens is 963 g/mol. The molecule has 0 aliphatic carbocycles.